The quantitative estimate of drug-likeness (QED) is 0.797. The molecule has 5 heteroatoms. The van der Waals surface area contributed by atoms with Gasteiger partial charge in [-0.1, -0.05) is 13.3 Å². The molecule has 0 bridgehead atoms. The number of carbonyl (C=O) groups excluding carboxylic acids is 1. The Morgan fingerprint density at radius 2 is 2.05 bits per heavy atom. The van der Waals surface area contributed by atoms with Gasteiger partial charge in [-0.15, -0.1) is 0 Å². The smallest absolute Gasteiger partial charge is 0.234 e. The van der Waals surface area contributed by atoms with Crippen LogP contribution in [0.5, 0.6) is 0 Å². The third-order valence-electron chi connectivity index (χ3n) is 4.18. The Balaban J connectivity index is 1.71. The van der Waals surface area contributed by atoms with E-state index in [9.17, 15) is 4.79 Å². The van der Waals surface area contributed by atoms with E-state index < -0.39 is 0 Å². The number of nitrogens with one attached hydrogen (secondary N) is 1. The molecule has 4 nitrogen and oxygen atoms in total. The van der Waals surface area contributed by atoms with Crippen LogP contribution in [-0.2, 0) is 4.79 Å². The third kappa shape index (κ3) is 4.65. The number of likely N-dealkylation sites (tertiary alicyclic amines) is 1. The Bertz CT molecular complexity index is 292. The SMILES string of the molecule is CCSC1CCCC1NC(=O)CN1CCC(N)CC1. The van der Waals surface area contributed by atoms with Crippen molar-refractivity contribution in [1.82, 2.24) is 10.2 Å². The summed E-state index contributed by atoms with van der Waals surface area (Å²) in [6, 6.07) is 0.726. The van der Waals surface area contributed by atoms with Gasteiger partial charge < -0.3 is 11.1 Å². The van der Waals surface area contributed by atoms with Crippen LogP contribution in [-0.4, -0.2) is 53.5 Å². The lowest BCUT2D eigenvalue weighted by molar-refractivity contribution is -0.123. The van der Waals surface area contributed by atoms with Crippen LogP contribution in [0.15, 0.2) is 0 Å². The first-order valence-electron chi connectivity index (χ1n) is 7.58. The number of nitrogens with two attached hydrogens (primary N) is 1. The van der Waals surface area contributed by atoms with Crippen LogP contribution in [0.3, 0.4) is 0 Å². The van der Waals surface area contributed by atoms with Gasteiger partial charge in [-0.05, 0) is 31.4 Å². The Hall–Kier alpha value is -0.260. The minimum absolute atomic E-state index is 0.198. The van der Waals surface area contributed by atoms with Crippen LogP contribution in [0.1, 0.15) is 39.0 Å². The van der Waals surface area contributed by atoms with Crippen molar-refractivity contribution >= 4 is 17.7 Å². The van der Waals surface area contributed by atoms with E-state index in [2.05, 4.69) is 17.1 Å². The van der Waals surface area contributed by atoms with Crippen LogP contribution >= 0.6 is 11.8 Å². The molecule has 1 heterocycles. The summed E-state index contributed by atoms with van der Waals surface area (Å²) in [5.74, 6) is 1.34. The second-order valence-corrected chi connectivity index (χ2v) is 7.23. The average Bonchev–Trinajstić information content (AvgIpc) is 2.80. The van der Waals surface area contributed by atoms with Crippen molar-refractivity contribution in [2.24, 2.45) is 5.73 Å². The van der Waals surface area contributed by atoms with Crippen molar-refractivity contribution in [2.75, 3.05) is 25.4 Å². The molecule has 0 radical (unpaired) electrons. The van der Waals surface area contributed by atoms with E-state index in [0.717, 1.165) is 38.1 Å². The van der Waals surface area contributed by atoms with Gasteiger partial charge in [0.1, 0.15) is 0 Å². The van der Waals surface area contributed by atoms with Gasteiger partial charge in [-0.25, -0.2) is 0 Å². The molecule has 2 unspecified atom stereocenters. The van der Waals surface area contributed by atoms with Gasteiger partial charge in [0.15, 0.2) is 0 Å². The molecule has 1 amide bonds. The lowest BCUT2D eigenvalue weighted by Gasteiger charge is -2.30. The molecule has 1 saturated heterocycles. The van der Waals surface area contributed by atoms with Crippen LogP contribution in [0.2, 0.25) is 0 Å². The minimum Gasteiger partial charge on any atom is -0.351 e. The van der Waals surface area contributed by atoms with Crippen LogP contribution in [0.25, 0.3) is 0 Å². The number of carbonyl (C=O) groups is 1. The number of hydrogen-bond donors (Lipinski definition) is 2. The second-order valence-electron chi connectivity index (χ2n) is 5.71. The Labute approximate surface area is 120 Å². The Kier molecular flexibility index (Phi) is 5.98. The molecule has 110 valence electrons. The fraction of sp³-hybridized carbons (Fsp3) is 0.929. The first-order chi connectivity index (χ1) is 9.19. The van der Waals surface area contributed by atoms with Gasteiger partial charge in [0.25, 0.3) is 0 Å². The van der Waals surface area contributed by atoms with Gasteiger partial charge in [0, 0.05) is 30.4 Å². The topological polar surface area (TPSA) is 58.4 Å². The maximum absolute atomic E-state index is 12.1. The van der Waals surface area contributed by atoms with Gasteiger partial charge in [-0.3, -0.25) is 9.69 Å². The largest absolute Gasteiger partial charge is 0.351 e. The summed E-state index contributed by atoms with van der Waals surface area (Å²) < 4.78 is 0. The Morgan fingerprint density at radius 1 is 1.32 bits per heavy atom. The van der Waals surface area contributed by atoms with Crippen LogP contribution < -0.4 is 11.1 Å². The molecule has 1 aliphatic heterocycles. The Morgan fingerprint density at radius 3 is 2.74 bits per heavy atom. The summed E-state index contributed by atoms with van der Waals surface area (Å²) in [6.07, 6.45) is 5.69. The number of piperidine rings is 1. The fourth-order valence-electron chi connectivity index (χ4n) is 3.07. The molecule has 2 aliphatic rings. The van der Waals surface area contributed by atoms with E-state index in [1.54, 1.807) is 0 Å². The predicted molar refractivity (Wildman–Crippen MR) is 81.4 cm³/mol. The van der Waals surface area contributed by atoms with Crippen molar-refractivity contribution < 1.29 is 4.79 Å². The lowest BCUT2D eigenvalue weighted by Crippen LogP contribution is -2.47. The van der Waals surface area contributed by atoms with Crippen molar-refractivity contribution in [1.29, 1.82) is 0 Å². The van der Waals surface area contributed by atoms with Gasteiger partial charge in [0.05, 0.1) is 6.54 Å². The van der Waals surface area contributed by atoms with E-state index in [0.29, 0.717) is 23.9 Å². The fourth-order valence-corrected chi connectivity index (χ4v) is 4.27. The van der Waals surface area contributed by atoms with Crippen LogP contribution in [0.4, 0.5) is 0 Å². The molecule has 2 fully saturated rings. The summed E-state index contributed by atoms with van der Waals surface area (Å²) in [4.78, 5) is 14.3. The number of rotatable bonds is 5. The van der Waals surface area contributed by atoms with Crippen molar-refractivity contribution in [3.63, 3.8) is 0 Å². The van der Waals surface area contributed by atoms with E-state index in [-0.39, 0.29) is 5.91 Å². The molecule has 2 rings (SSSR count). The number of thioether (sulfide) groups is 1. The average molecular weight is 285 g/mol. The zero-order chi connectivity index (χ0) is 13.7. The van der Waals surface area contributed by atoms with Gasteiger partial charge in [-0.2, -0.15) is 11.8 Å². The third-order valence-corrected chi connectivity index (χ3v) is 5.50. The molecule has 0 aromatic rings. The maximum atomic E-state index is 12.1. The zero-order valence-electron chi connectivity index (χ0n) is 11.9. The second kappa shape index (κ2) is 7.50. The summed E-state index contributed by atoms with van der Waals surface area (Å²) in [6.45, 7) is 4.67. The normalized spacial score (nSPS) is 29.6. The number of nitrogens with zero attached hydrogens (tertiary/aromatic N) is 1. The molecule has 0 aromatic heterocycles. The number of amides is 1. The van der Waals surface area contributed by atoms with E-state index in [1.165, 1.54) is 12.8 Å². The highest BCUT2D eigenvalue weighted by Gasteiger charge is 2.29. The molecule has 1 aliphatic carbocycles. The summed E-state index contributed by atoms with van der Waals surface area (Å²) in [5, 5.41) is 3.87. The van der Waals surface area contributed by atoms with E-state index >= 15 is 0 Å². The van der Waals surface area contributed by atoms with Crippen molar-refractivity contribution in [3.8, 4) is 0 Å². The standard InChI is InChI=1S/C14H27N3OS/c1-2-19-13-5-3-4-12(13)16-14(18)10-17-8-6-11(15)7-9-17/h11-13H,2-10,15H2,1H3,(H,16,18). The molecule has 0 aromatic carbocycles. The molecular weight excluding hydrogens is 258 g/mol. The predicted octanol–water partition coefficient (Wildman–Crippen LogP) is 1.20. The van der Waals surface area contributed by atoms with E-state index in [1.807, 2.05) is 11.8 Å². The first kappa shape index (κ1) is 15.1. The molecule has 1 saturated carbocycles. The zero-order valence-corrected chi connectivity index (χ0v) is 12.8. The monoisotopic (exact) mass is 285 g/mol. The van der Waals surface area contributed by atoms with Crippen molar-refractivity contribution in [2.45, 2.75) is 56.4 Å². The molecule has 2 atom stereocenters. The minimum atomic E-state index is 0.198. The summed E-state index contributed by atoms with van der Waals surface area (Å²) in [5.41, 5.74) is 5.88. The maximum Gasteiger partial charge on any atom is 0.234 e. The van der Waals surface area contributed by atoms with E-state index in [4.69, 9.17) is 5.73 Å². The van der Waals surface area contributed by atoms with Crippen LogP contribution in [0, 0.1) is 0 Å². The molecule has 0 spiro atoms. The molecule has 19 heavy (non-hydrogen) atoms. The molecular formula is C14H27N3OS. The highest BCUT2D eigenvalue weighted by atomic mass is 32.2. The molecule has 3 N–H and O–H groups in total. The summed E-state index contributed by atoms with van der Waals surface area (Å²) in [7, 11) is 0. The van der Waals surface area contributed by atoms with Gasteiger partial charge >= 0.3 is 0 Å². The lowest BCUT2D eigenvalue weighted by atomic mass is 10.1. The van der Waals surface area contributed by atoms with Crippen molar-refractivity contribution in [3.05, 3.63) is 0 Å². The first-order valence-corrected chi connectivity index (χ1v) is 8.62. The number of hydrogen-bond acceptors (Lipinski definition) is 4. The highest BCUT2D eigenvalue weighted by Crippen LogP contribution is 2.29. The summed E-state index contributed by atoms with van der Waals surface area (Å²) >= 11 is 1.99. The van der Waals surface area contributed by atoms with Gasteiger partial charge in [0.2, 0.25) is 5.91 Å². The highest BCUT2D eigenvalue weighted by molar-refractivity contribution is 7.99.